The summed E-state index contributed by atoms with van der Waals surface area (Å²) in [5.74, 6) is 0. The van der Waals surface area contributed by atoms with Crippen molar-refractivity contribution >= 4 is 167 Å². The molecule has 0 fully saturated rings. The van der Waals surface area contributed by atoms with Gasteiger partial charge in [0.25, 0.3) is 0 Å². The normalized spacial score (nSPS) is 7.38. The van der Waals surface area contributed by atoms with Gasteiger partial charge in [0, 0.05) is 0 Å². The van der Waals surface area contributed by atoms with Crippen LogP contribution in [-0.2, 0) is 9.13 Å². The molecule has 0 amide bonds. The summed E-state index contributed by atoms with van der Waals surface area (Å²) < 4.78 is 17.1. The van der Waals surface area contributed by atoms with Crippen molar-refractivity contribution in [2.24, 2.45) is 0 Å². The minimum Gasteiger partial charge on any atom is -1.00 e. The fourth-order valence-electron chi connectivity index (χ4n) is 0. The Balaban J connectivity index is -0.00000000970. The SMILES string of the molecule is O=P([O-])([O-])[O-].O=P([O-])([O-])[O-].[Ca+2].[Ca+2].[Ca+2].[Ca+2].[F-].[F-]. The molecule has 0 aliphatic heterocycles. The second kappa shape index (κ2) is 25.1. The second-order valence-corrected chi connectivity index (χ2v) is 2.68. The van der Waals surface area contributed by atoms with E-state index < -0.39 is 15.6 Å². The van der Waals surface area contributed by atoms with Crippen LogP contribution in [0.5, 0.6) is 0 Å². The molecule has 8 nitrogen and oxygen atoms in total. The fraction of sp³-hybridized carbons (Fsp3) is 0. The third-order valence-electron chi connectivity index (χ3n) is 0. The summed E-state index contributed by atoms with van der Waals surface area (Å²) in [6, 6.07) is 0. The Morgan fingerprint density at radius 3 is 0.500 bits per heavy atom. The van der Waals surface area contributed by atoms with E-state index in [4.69, 9.17) is 38.5 Å². The third kappa shape index (κ3) is 240. The molecule has 0 bridgehead atoms. The molecule has 0 saturated carbocycles. The molecule has 0 saturated heterocycles. The van der Waals surface area contributed by atoms with E-state index in [-0.39, 0.29) is 160 Å². The molecule has 0 heterocycles. The molecule has 0 aliphatic carbocycles. The zero-order chi connectivity index (χ0) is 9.00. The zero-order valence-electron chi connectivity index (χ0n) is 7.74. The summed E-state index contributed by atoms with van der Waals surface area (Å²) in [4.78, 5) is 51.3. The quantitative estimate of drug-likeness (QED) is 0.290. The molecule has 16 heavy (non-hydrogen) atoms. The smallest absolute Gasteiger partial charge is 1.00 e. The van der Waals surface area contributed by atoms with Crippen molar-refractivity contribution in [2.45, 2.75) is 0 Å². The predicted molar refractivity (Wildman–Crippen MR) is 38.2 cm³/mol. The maximum absolute atomic E-state index is 8.55. The molecule has 0 unspecified atom stereocenters. The number of phosphoric acid groups is 2. The van der Waals surface area contributed by atoms with Crippen LogP contribution in [0.2, 0.25) is 0 Å². The fourth-order valence-corrected chi connectivity index (χ4v) is 0. The van der Waals surface area contributed by atoms with Crippen molar-refractivity contribution in [3.63, 3.8) is 0 Å². The minimum absolute atomic E-state index is 0. The van der Waals surface area contributed by atoms with Crippen LogP contribution in [0.4, 0.5) is 0 Å². The van der Waals surface area contributed by atoms with Crippen molar-refractivity contribution in [3.8, 4) is 0 Å². The summed E-state index contributed by atoms with van der Waals surface area (Å²) in [5, 5.41) is 0. The van der Waals surface area contributed by atoms with Gasteiger partial charge in [-0.15, -0.1) is 0 Å². The second-order valence-electron chi connectivity index (χ2n) is 0.894. The Bertz CT molecular complexity index is 140. The Kier molecular flexibility index (Phi) is 77.9. The topological polar surface area (TPSA) is 172 Å². The molecule has 0 aromatic heterocycles. The summed E-state index contributed by atoms with van der Waals surface area (Å²) in [6.07, 6.45) is 0. The molecule has 0 spiro atoms. The van der Waals surface area contributed by atoms with Gasteiger partial charge in [-0.25, -0.2) is 0 Å². The largest absolute Gasteiger partial charge is 2.00 e. The van der Waals surface area contributed by atoms with Crippen molar-refractivity contribution in [1.82, 2.24) is 0 Å². The Morgan fingerprint density at radius 2 is 0.500 bits per heavy atom. The summed E-state index contributed by atoms with van der Waals surface area (Å²) in [5.41, 5.74) is 0. The van der Waals surface area contributed by atoms with Crippen LogP contribution in [0.25, 0.3) is 0 Å². The van der Waals surface area contributed by atoms with Crippen LogP contribution in [0, 0.1) is 0 Å². The summed E-state index contributed by atoms with van der Waals surface area (Å²) in [6.45, 7) is 0. The van der Waals surface area contributed by atoms with Gasteiger partial charge >= 0.3 is 151 Å². The van der Waals surface area contributed by atoms with E-state index in [2.05, 4.69) is 0 Å². The van der Waals surface area contributed by atoms with E-state index in [1.165, 1.54) is 0 Å². The number of hydrogen-bond acceptors (Lipinski definition) is 8. The van der Waals surface area contributed by atoms with Gasteiger partial charge in [-0.05, 0) is 0 Å². The van der Waals surface area contributed by atoms with Crippen molar-refractivity contribution in [2.75, 3.05) is 0 Å². The maximum Gasteiger partial charge on any atom is 2.00 e. The standard InChI is InChI=1S/4Ca.2FH.2H3O4P/c;;;;;;2*1-5(2,3)4/h;;;;2*1H;2*(H3,1,2,3,4)/q4*+2;;;;/p-8. The monoisotopic (exact) mass is 388 g/mol. The molecule has 0 atom stereocenters. The first-order valence-corrected chi connectivity index (χ1v) is 4.38. The molecular formula is Ca4F2O8P2. The average molecular weight is 388 g/mol. The van der Waals surface area contributed by atoms with Gasteiger partial charge in [0.2, 0.25) is 0 Å². The van der Waals surface area contributed by atoms with E-state index in [9.17, 15) is 0 Å². The third-order valence-corrected chi connectivity index (χ3v) is 0. The molecule has 0 radical (unpaired) electrons. The Morgan fingerprint density at radius 1 is 0.500 bits per heavy atom. The Labute approximate surface area is 209 Å². The van der Waals surface area contributed by atoms with Crippen LogP contribution in [0.15, 0.2) is 0 Å². The van der Waals surface area contributed by atoms with Gasteiger partial charge in [0.15, 0.2) is 0 Å². The minimum atomic E-state index is -5.39. The van der Waals surface area contributed by atoms with E-state index in [0.717, 1.165) is 0 Å². The summed E-state index contributed by atoms with van der Waals surface area (Å²) in [7, 11) is -10.8. The van der Waals surface area contributed by atoms with Gasteiger partial charge in [0.05, 0.1) is 0 Å². The van der Waals surface area contributed by atoms with Crippen LogP contribution in [-0.4, -0.2) is 151 Å². The van der Waals surface area contributed by atoms with Crippen molar-refractivity contribution < 1.29 is 47.9 Å². The number of rotatable bonds is 0. The van der Waals surface area contributed by atoms with Crippen LogP contribution >= 0.6 is 15.6 Å². The average Bonchev–Trinajstić information content (AvgIpc) is 1.12. The zero-order valence-corrected chi connectivity index (χ0v) is 18.4. The molecule has 0 aromatic rings. The maximum atomic E-state index is 8.55. The van der Waals surface area contributed by atoms with Gasteiger partial charge in [-0.1, -0.05) is 0 Å². The number of halogens is 2. The van der Waals surface area contributed by atoms with E-state index >= 15 is 0 Å². The van der Waals surface area contributed by atoms with Crippen LogP contribution in [0.1, 0.15) is 0 Å². The van der Waals surface area contributed by atoms with Crippen LogP contribution in [0.3, 0.4) is 0 Å². The van der Waals surface area contributed by atoms with Crippen LogP contribution < -0.4 is 38.8 Å². The molecular weight excluding hydrogens is 388 g/mol. The Hall–Kier alpha value is 5.12. The van der Waals surface area contributed by atoms with E-state index in [0.29, 0.717) is 0 Å². The van der Waals surface area contributed by atoms with Crippen molar-refractivity contribution in [3.05, 3.63) is 0 Å². The van der Waals surface area contributed by atoms with Gasteiger partial charge in [0.1, 0.15) is 0 Å². The van der Waals surface area contributed by atoms with Gasteiger partial charge in [-0.3, -0.25) is 0 Å². The molecule has 80 valence electrons. The predicted octanol–water partition coefficient (Wildman–Crippen LogP) is -13.2. The van der Waals surface area contributed by atoms with E-state index in [1.54, 1.807) is 0 Å². The first kappa shape index (κ1) is 49.7. The van der Waals surface area contributed by atoms with Gasteiger partial charge < -0.3 is 47.9 Å². The first-order chi connectivity index (χ1) is 4.00. The molecule has 0 aromatic carbocycles. The molecule has 0 rings (SSSR count). The van der Waals surface area contributed by atoms with Gasteiger partial charge in [-0.2, -0.15) is 15.6 Å². The number of hydrogen-bond donors (Lipinski definition) is 0. The molecule has 0 N–H and O–H groups in total. The first-order valence-electron chi connectivity index (χ1n) is 1.46. The molecule has 0 aliphatic rings. The van der Waals surface area contributed by atoms with Crippen molar-refractivity contribution in [1.29, 1.82) is 0 Å². The van der Waals surface area contributed by atoms with E-state index in [1.807, 2.05) is 0 Å². The molecule has 16 heteroatoms. The summed E-state index contributed by atoms with van der Waals surface area (Å²) >= 11 is 0.